The van der Waals surface area contributed by atoms with E-state index in [-0.39, 0.29) is 4.32 Å². The maximum atomic E-state index is 3.97. The fourth-order valence-electron chi connectivity index (χ4n) is 4.33. The molecule has 2 aliphatic rings. The van der Waals surface area contributed by atoms with Gasteiger partial charge in [-0.2, -0.15) is 0 Å². The van der Waals surface area contributed by atoms with E-state index in [4.69, 9.17) is 0 Å². The van der Waals surface area contributed by atoms with Gasteiger partial charge in [0.25, 0.3) is 0 Å². The molecule has 2 aliphatic carbocycles. The second-order valence-electron chi connectivity index (χ2n) is 7.68. The fourth-order valence-corrected chi connectivity index (χ4v) is 4.89. The maximum Gasteiger partial charge on any atom is 0.0723 e. The topological polar surface area (TPSA) is 0 Å². The molecular formula is C23H31Br. The SMILES string of the molecule is CCCCC[C@H]1CC[C@H](C2=CCC(Br)(c3ccccc3)C=C2)CC1. The van der Waals surface area contributed by atoms with E-state index >= 15 is 0 Å². The quantitative estimate of drug-likeness (QED) is 0.349. The Balaban J connectivity index is 1.53. The van der Waals surface area contributed by atoms with Gasteiger partial charge in [-0.15, -0.1) is 0 Å². The van der Waals surface area contributed by atoms with E-state index in [1.54, 1.807) is 5.57 Å². The third kappa shape index (κ3) is 4.42. The molecule has 0 amide bonds. The molecule has 0 nitrogen and oxygen atoms in total. The highest BCUT2D eigenvalue weighted by Gasteiger charge is 2.29. The Morgan fingerprint density at radius 1 is 1.04 bits per heavy atom. The first-order chi connectivity index (χ1) is 11.7. The Labute approximate surface area is 156 Å². The smallest absolute Gasteiger partial charge is 0.0723 e. The lowest BCUT2D eigenvalue weighted by atomic mass is 9.75. The molecule has 1 saturated carbocycles. The zero-order valence-electron chi connectivity index (χ0n) is 15.0. The minimum absolute atomic E-state index is 0.00485. The van der Waals surface area contributed by atoms with Crippen molar-refractivity contribution < 1.29 is 0 Å². The first kappa shape index (κ1) is 18.0. The third-order valence-corrected chi connectivity index (χ3v) is 7.01. The van der Waals surface area contributed by atoms with Crippen LogP contribution >= 0.6 is 15.9 Å². The van der Waals surface area contributed by atoms with Gasteiger partial charge in [-0.25, -0.2) is 0 Å². The molecule has 0 bridgehead atoms. The van der Waals surface area contributed by atoms with E-state index in [9.17, 15) is 0 Å². The predicted molar refractivity (Wildman–Crippen MR) is 108 cm³/mol. The van der Waals surface area contributed by atoms with Gasteiger partial charge in [0.05, 0.1) is 4.32 Å². The Kier molecular flexibility index (Phi) is 6.38. The zero-order chi connectivity index (χ0) is 16.8. The fraction of sp³-hybridized carbons (Fsp3) is 0.565. The van der Waals surface area contributed by atoms with Crippen LogP contribution in [0.1, 0.15) is 70.3 Å². The highest BCUT2D eigenvalue weighted by molar-refractivity contribution is 9.09. The van der Waals surface area contributed by atoms with Crippen LogP contribution in [0.15, 0.2) is 54.1 Å². The minimum Gasteiger partial charge on any atom is -0.0790 e. The second-order valence-corrected chi connectivity index (χ2v) is 9.10. The molecule has 0 aromatic heterocycles. The minimum atomic E-state index is -0.00485. The lowest BCUT2D eigenvalue weighted by molar-refractivity contribution is 0.283. The molecule has 0 aliphatic heterocycles. The maximum absolute atomic E-state index is 3.97. The number of allylic oxidation sites excluding steroid dienone is 4. The summed E-state index contributed by atoms with van der Waals surface area (Å²) in [5, 5.41) is 0. The van der Waals surface area contributed by atoms with Gasteiger partial charge in [0.15, 0.2) is 0 Å². The lowest BCUT2D eigenvalue weighted by Crippen LogP contribution is -2.20. The number of rotatable bonds is 6. The van der Waals surface area contributed by atoms with Crippen molar-refractivity contribution in [3.05, 3.63) is 59.7 Å². The van der Waals surface area contributed by atoms with Gasteiger partial charge in [0.2, 0.25) is 0 Å². The van der Waals surface area contributed by atoms with Gasteiger partial charge in [0.1, 0.15) is 0 Å². The van der Waals surface area contributed by atoms with E-state index in [1.807, 2.05) is 0 Å². The van der Waals surface area contributed by atoms with E-state index in [1.165, 1.54) is 56.9 Å². The van der Waals surface area contributed by atoms with Crippen LogP contribution in [0, 0.1) is 11.8 Å². The molecule has 0 N–H and O–H groups in total. The number of unbranched alkanes of at least 4 members (excludes halogenated alkanes) is 2. The van der Waals surface area contributed by atoms with Crippen LogP contribution in [0.25, 0.3) is 0 Å². The van der Waals surface area contributed by atoms with Crippen molar-refractivity contribution in [3.8, 4) is 0 Å². The molecule has 1 heteroatoms. The van der Waals surface area contributed by atoms with Crippen molar-refractivity contribution in [3.63, 3.8) is 0 Å². The molecule has 0 saturated heterocycles. The monoisotopic (exact) mass is 386 g/mol. The average molecular weight is 387 g/mol. The zero-order valence-corrected chi connectivity index (χ0v) is 16.6. The van der Waals surface area contributed by atoms with E-state index in [2.05, 4.69) is 71.4 Å². The van der Waals surface area contributed by atoms with Crippen LogP contribution in [0.4, 0.5) is 0 Å². The largest absolute Gasteiger partial charge is 0.0790 e. The molecule has 1 unspecified atom stereocenters. The molecule has 0 spiro atoms. The Morgan fingerprint density at radius 2 is 1.79 bits per heavy atom. The summed E-state index contributed by atoms with van der Waals surface area (Å²) in [4.78, 5) is 0. The van der Waals surface area contributed by atoms with Crippen molar-refractivity contribution >= 4 is 15.9 Å². The average Bonchev–Trinajstić information content (AvgIpc) is 2.64. The lowest BCUT2D eigenvalue weighted by Gasteiger charge is -2.33. The summed E-state index contributed by atoms with van der Waals surface area (Å²) in [6.07, 6.45) is 19.7. The standard InChI is InChI=1S/C23H31Br/c1-2-3-5-8-19-11-13-20(14-12-19)21-15-17-23(24,18-16-21)22-9-6-4-7-10-22/h4,6-7,9-10,15-17,19-20H,2-3,5,8,11-14,18H2,1H3/t19-,20-,23?. The van der Waals surface area contributed by atoms with Crippen LogP contribution < -0.4 is 0 Å². The summed E-state index contributed by atoms with van der Waals surface area (Å²) in [5.74, 6) is 1.80. The summed E-state index contributed by atoms with van der Waals surface area (Å²) >= 11 is 3.97. The number of hydrogen-bond acceptors (Lipinski definition) is 0. The van der Waals surface area contributed by atoms with Gasteiger partial charge in [-0.05, 0) is 55.1 Å². The van der Waals surface area contributed by atoms with Gasteiger partial charge in [-0.1, -0.05) is 97.1 Å². The number of benzene rings is 1. The number of halogens is 1. The molecular weight excluding hydrogens is 356 g/mol. The van der Waals surface area contributed by atoms with Gasteiger partial charge < -0.3 is 0 Å². The summed E-state index contributed by atoms with van der Waals surface area (Å²) in [6.45, 7) is 2.30. The first-order valence-electron chi connectivity index (χ1n) is 9.85. The molecule has 130 valence electrons. The number of hydrogen-bond donors (Lipinski definition) is 0. The molecule has 1 aromatic rings. The van der Waals surface area contributed by atoms with Crippen molar-refractivity contribution in [1.29, 1.82) is 0 Å². The van der Waals surface area contributed by atoms with Gasteiger partial charge in [0, 0.05) is 0 Å². The second kappa shape index (κ2) is 8.52. The molecule has 3 rings (SSSR count). The highest BCUT2D eigenvalue weighted by Crippen LogP contribution is 2.43. The molecule has 1 fully saturated rings. The summed E-state index contributed by atoms with van der Waals surface area (Å²) in [7, 11) is 0. The van der Waals surface area contributed by atoms with E-state index < -0.39 is 0 Å². The highest BCUT2D eigenvalue weighted by atomic mass is 79.9. The van der Waals surface area contributed by atoms with Crippen molar-refractivity contribution in [2.45, 2.75) is 69.0 Å². The van der Waals surface area contributed by atoms with E-state index in [0.29, 0.717) is 0 Å². The van der Waals surface area contributed by atoms with Gasteiger partial charge in [-0.3, -0.25) is 0 Å². The van der Waals surface area contributed by atoms with Crippen molar-refractivity contribution in [2.75, 3.05) is 0 Å². The summed E-state index contributed by atoms with van der Waals surface area (Å²) < 4.78 is -0.00485. The van der Waals surface area contributed by atoms with Crippen molar-refractivity contribution in [2.24, 2.45) is 11.8 Å². The Bertz CT molecular complexity index is 563. The Hall–Kier alpha value is -0.820. The van der Waals surface area contributed by atoms with Crippen LogP contribution in [0.5, 0.6) is 0 Å². The normalized spacial score (nSPS) is 30.2. The molecule has 0 radical (unpaired) electrons. The number of alkyl halides is 1. The third-order valence-electron chi connectivity index (χ3n) is 5.96. The molecule has 1 atom stereocenters. The van der Waals surface area contributed by atoms with Crippen LogP contribution in [-0.2, 0) is 4.32 Å². The summed E-state index contributed by atoms with van der Waals surface area (Å²) in [5.41, 5.74) is 2.95. The molecule has 24 heavy (non-hydrogen) atoms. The van der Waals surface area contributed by atoms with Crippen molar-refractivity contribution in [1.82, 2.24) is 0 Å². The Morgan fingerprint density at radius 3 is 2.42 bits per heavy atom. The van der Waals surface area contributed by atoms with Crippen LogP contribution in [-0.4, -0.2) is 0 Å². The first-order valence-corrected chi connectivity index (χ1v) is 10.6. The van der Waals surface area contributed by atoms with Crippen LogP contribution in [0.3, 0.4) is 0 Å². The predicted octanol–water partition coefficient (Wildman–Crippen LogP) is 7.55. The van der Waals surface area contributed by atoms with Gasteiger partial charge >= 0.3 is 0 Å². The molecule has 0 heterocycles. The van der Waals surface area contributed by atoms with Crippen LogP contribution in [0.2, 0.25) is 0 Å². The summed E-state index contributed by atoms with van der Waals surface area (Å²) in [6, 6.07) is 10.8. The van der Waals surface area contributed by atoms with E-state index in [0.717, 1.165) is 18.3 Å². The molecule has 1 aromatic carbocycles.